The van der Waals surface area contributed by atoms with Gasteiger partial charge in [0.25, 0.3) is 5.91 Å². The second-order valence-electron chi connectivity index (χ2n) is 5.46. The number of hydrogen-bond donors (Lipinski definition) is 1. The van der Waals surface area contributed by atoms with Crippen molar-refractivity contribution in [2.45, 2.75) is 25.8 Å². The molecule has 1 N–H and O–H groups in total. The molecule has 3 rings (SSSR count). The lowest BCUT2D eigenvalue weighted by Gasteiger charge is -2.26. The Morgan fingerprint density at radius 3 is 2.64 bits per heavy atom. The summed E-state index contributed by atoms with van der Waals surface area (Å²) in [7, 11) is 0. The molecule has 0 spiro atoms. The number of likely N-dealkylation sites (tertiary alicyclic amines) is 1. The van der Waals surface area contributed by atoms with E-state index in [1.54, 1.807) is 12.3 Å². The van der Waals surface area contributed by atoms with Crippen LogP contribution in [-0.2, 0) is 6.54 Å². The minimum atomic E-state index is 0.00450. The molecule has 114 valence electrons. The Bertz CT molecular complexity index is 624. The summed E-state index contributed by atoms with van der Waals surface area (Å²) >= 11 is 0. The van der Waals surface area contributed by atoms with E-state index in [4.69, 9.17) is 0 Å². The summed E-state index contributed by atoms with van der Waals surface area (Å²) < 4.78 is 0. The summed E-state index contributed by atoms with van der Waals surface area (Å²) in [6.45, 7) is 2.30. The minimum absolute atomic E-state index is 0.00450. The molecule has 0 aliphatic carbocycles. The molecular weight excluding hydrogens is 276 g/mol. The van der Waals surface area contributed by atoms with Crippen LogP contribution in [0.1, 0.15) is 35.3 Å². The summed E-state index contributed by atoms with van der Waals surface area (Å²) in [6.07, 6.45) is 5.00. The molecule has 0 bridgehead atoms. The van der Waals surface area contributed by atoms with Crippen LogP contribution in [0, 0.1) is 0 Å². The first-order valence-electron chi connectivity index (χ1n) is 7.73. The largest absolute Gasteiger partial charge is 0.350 e. The minimum Gasteiger partial charge on any atom is -0.350 e. The van der Waals surface area contributed by atoms with Crippen LogP contribution in [0.3, 0.4) is 0 Å². The number of hydrogen-bond acceptors (Lipinski definition) is 4. The average Bonchev–Trinajstić information content (AvgIpc) is 2.61. The highest BCUT2D eigenvalue weighted by atomic mass is 16.2. The predicted octanol–water partition coefficient (Wildman–Crippen LogP) is 2.71. The number of carbonyl (C=O) groups is 1. The number of nitrogens with one attached hydrogen (secondary N) is 1. The van der Waals surface area contributed by atoms with Gasteiger partial charge in [0.15, 0.2) is 0 Å². The van der Waals surface area contributed by atoms with Gasteiger partial charge in [0.1, 0.15) is 5.69 Å². The zero-order chi connectivity index (χ0) is 15.2. The molecule has 1 aromatic heterocycles. The Balaban J connectivity index is 1.65. The number of anilines is 1. The number of piperidine rings is 1. The fourth-order valence-corrected chi connectivity index (χ4v) is 2.60. The molecule has 0 atom stereocenters. The van der Waals surface area contributed by atoms with Crippen molar-refractivity contribution in [3.8, 4) is 0 Å². The first-order valence-corrected chi connectivity index (χ1v) is 7.73. The van der Waals surface area contributed by atoms with E-state index >= 15 is 0 Å². The van der Waals surface area contributed by atoms with Crippen LogP contribution in [0.15, 0.2) is 42.6 Å². The lowest BCUT2D eigenvalue weighted by molar-refractivity contribution is 0.0718. The predicted molar refractivity (Wildman–Crippen MR) is 85.6 cm³/mol. The fourth-order valence-electron chi connectivity index (χ4n) is 2.60. The van der Waals surface area contributed by atoms with Gasteiger partial charge in [-0.1, -0.05) is 30.3 Å². The maximum absolute atomic E-state index is 12.4. The lowest BCUT2D eigenvalue weighted by Crippen LogP contribution is -2.36. The van der Waals surface area contributed by atoms with E-state index in [1.807, 2.05) is 35.2 Å². The molecule has 22 heavy (non-hydrogen) atoms. The Kier molecular flexibility index (Phi) is 4.63. The molecule has 5 heteroatoms. The van der Waals surface area contributed by atoms with Gasteiger partial charge in [-0.3, -0.25) is 4.79 Å². The summed E-state index contributed by atoms with van der Waals surface area (Å²) in [4.78, 5) is 22.9. The standard InChI is InChI=1S/C17H20N4O/c22-16(21-11-5-2-6-12-21)15-9-10-18-17(20-15)19-13-14-7-3-1-4-8-14/h1,3-4,7-10H,2,5-6,11-13H2,(H,18,19,20). The van der Waals surface area contributed by atoms with E-state index in [2.05, 4.69) is 15.3 Å². The summed E-state index contributed by atoms with van der Waals surface area (Å²) in [5.74, 6) is 0.497. The van der Waals surface area contributed by atoms with E-state index in [0.717, 1.165) is 31.5 Å². The van der Waals surface area contributed by atoms with Gasteiger partial charge in [0.05, 0.1) is 0 Å². The monoisotopic (exact) mass is 296 g/mol. The number of aromatic nitrogens is 2. The van der Waals surface area contributed by atoms with Gasteiger partial charge in [-0.25, -0.2) is 9.97 Å². The molecule has 0 unspecified atom stereocenters. The molecule has 1 amide bonds. The summed E-state index contributed by atoms with van der Waals surface area (Å²) in [6, 6.07) is 11.7. The normalized spacial score (nSPS) is 14.6. The molecule has 1 aliphatic rings. The summed E-state index contributed by atoms with van der Waals surface area (Å²) in [5, 5.41) is 3.17. The Morgan fingerprint density at radius 1 is 1.09 bits per heavy atom. The Morgan fingerprint density at radius 2 is 1.86 bits per heavy atom. The van der Waals surface area contributed by atoms with Crippen LogP contribution < -0.4 is 5.32 Å². The highest BCUT2D eigenvalue weighted by Crippen LogP contribution is 2.13. The van der Waals surface area contributed by atoms with E-state index in [9.17, 15) is 4.79 Å². The van der Waals surface area contributed by atoms with E-state index in [1.165, 1.54) is 6.42 Å². The third-order valence-corrected chi connectivity index (χ3v) is 3.81. The highest BCUT2D eigenvalue weighted by molar-refractivity contribution is 5.92. The van der Waals surface area contributed by atoms with Crippen LogP contribution in [0.4, 0.5) is 5.95 Å². The first-order chi connectivity index (χ1) is 10.8. The number of carbonyl (C=O) groups excluding carboxylic acids is 1. The second-order valence-corrected chi connectivity index (χ2v) is 5.46. The SMILES string of the molecule is O=C(c1ccnc(NCc2ccccc2)n1)N1CCCCC1. The fraction of sp³-hybridized carbons (Fsp3) is 0.353. The van der Waals surface area contributed by atoms with Crippen LogP contribution >= 0.6 is 0 Å². The van der Waals surface area contributed by atoms with Crippen molar-refractivity contribution < 1.29 is 4.79 Å². The molecule has 1 aliphatic heterocycles. The van der Waals surface area contributed by atoms with Crippen molar-refractivity contribution in [1.82, 2.24) is 14.9 Å². The van der Waals surface area contributed by atoms with Gasteiger partial charge in [0, 0.05) is 25.8 Å². The lowest BCUT2D eigenvalue weighted by atomic mass is 10.1. The smallest absolute Gasteiger partial charge is 0.272 e. The third kappa shape index (κ3) is 3.61. The number of nitrogens with zero attached hydrogens (tertiary/aromatic N) is 3. The third-order valence-electron chi connectivity index (χ3n) is 3.81. The first kappa shape index (κ1) is 14.5. The van der Waals surface area contributed by atoms with E-state index in [-0.39, 0.29) is 5.91 Å². The second kappa shape index (κ2) is 7.02. The summed E-state index contributed by atoms with van der Waals surface area (Å²) in [5.41, 5.74) is 1.62. The van der Waals surface area contributed by atoms with Crippen LogP contribution in [0.25, 0.3) is 0 Å². The van der Waals surface area contributed by atoms with Crippen LogP contribution in [0.5, 0.6) is 0 Å². The zero-order valence-corrected chi connectivity index (χ0v) is 12.5. The van der Waals surface area contributed by atoms with Crippen LogP contribution in [0.2, 0.25) is 0 Å². The van der Waals surface area contributed by atoms with Gasteiger partial charge in [0.2, 0.25) is 5.95 Å². The number of rotatable bonds is 4. The highest BCUT2D eigenvalue weighted by Gasteiger charge is 2.19. The maximum Gasteiger partial charge on any atom is 0.272 e. The van der Waals surface area contributed by atoms with Crippen molar-refractivity contribution in [2.24, 2.45) is 0 Å². The molecule has 2 aromatic rings. The quantitative estimate of drug-likeness (QED) is 0.942. The van der Waals surface area contributed by atoms with Crippen molar-refractivity contribution in [3.63, 3.8) is 0 Å². The van der Waals surface area contributed by atoms with Gasteiger partial charge < -0.3 is 10.2 Å². The molecule has 0 radical (unpaired) electrons. The van der Waals surface area contributed by atoms with Gasteiger partial charge in [-0.2, -0.15) is 0 Å². The van der Waals surface area contributed by atoms with E-state index in [0.29, 0.717) is 18.2 Å². The molecule has 5 nitrogen and oxygen atoms in total. The van der Waals surface area contributed by atoms with Crippen molar-refractivity contribution >= 4 is 11.9 Å². The van der Waals surface area contributed by atoms with Crippen molar-refractivity contribution in [3.05, 3.63) is 53.9 Å². The van der Waals surface area contributed by atoms with Crippen molar-refractivity contribution in [2.75, 3.05) is 18.4 Å². The molecular formula is C17H20N4O. The van der Waals surface area contributed by atoms with Gasteiger partial charge in [-0.05, 0) is 30.9 Å². The molecule has 1 fully saturated rings. The molecule has 0 saturated carbocycles. The average molecular weight is 296 g/mol. The topological polar surface area (TPSA) is 58.1 Å². The maximum atomic E-state index is 12.4. The molecule has 2 heterocycles. The van der Waals surface area contributed by atoms with E-state index < -0.39 is 0 Å². The molecule has 1 aromatic carbocycles. The number of amides is 1. The zero-order valence-electron chi connectivity index (χ0n) is 12.5. The number of benzene rings is 1. The molecule has 1 saturated heterocycles. The Hall–Kier alpha value is -2.43. The van der Waals surface area contributed by atoms with Crippen LogP contribution in [-0.4, -0.2) is 33.9 Å². The van der Waals surface area contributed by atoms with Gasteiger partial charge >= 0.3 is 0 Å². The van der Waals surface area contributed by atoms with Gasteiger partial charge in [-0.15, -0.1) is 0 Å². The van der Waals surface area contributed by atoms with Crippen molar-refractivity contribution in [1.29, 1.82) is 0 Å². The Labute approximate surface area is 130 Å².